The van der Waals surface area contributed by atoms with Gasteiger partial charge < -0.3 is 4.74 Å². The van der Waals surface area contributed by atoms with Gasteiger partial charge in [0.25, 0.3) is 0 Å². The van der Waals surface area contributed by atoms with Gasteiger partial charge in [-0.3, -0.25) is 0 Å². The SMILES string of the molecule is N#CC1CCCC(c2ccc(Cl)cc2)O1. The van der Waals surface area contributed by atoms with Crippen LogP contribution in [0.3, 0.4) is 0 Å². The monoisotopic (exact) mass is 221 g/mol. The zero-order chi connectivity index (χ0) is 10.7. The summed E-state index contributed by atoms with van der Waals surface area (Å²) in [6, 6.07) is 9.81. The number of hydrogen-bond acceptors (Lipinski definition) is 2. The highest BCUT2D eigenvalue weighted by Gasteiger charge is 2.22. The Bertz CT molecular complexity index is 368. The molecule has 0 aliphatic carbocycles. The molecule has 1 aliphatic rings. The van der Waals surface area contributed by atoms with Gasteiger partial charge in [-0.2, -0.15) is 5.26 Å². The molecular formula is C12H12ClNO. The molecule has 1 saturated heterocycles. The van der Waals surface area contributed by atoms with Crippen LogP contribution in [0.2, 0.25) is 5.02 Å². The summed E-state index contributed by atoms with van der Waals surface area (Å²) < 4.78 is 5.66. The summed E-state index contributed by atoms with van der Waals surface area (Å²) in [4.78, 5) is 0. The van der Waals surface area contributed by atoms with Gasteiger partial charge in [0.2, 0.25) is 0 Å². The molecule has 0 saturated carbocycles. The fourth-order valence-electron chi connectivity index (χ4n) is 1.84. The van der Waals surface area contributed by atoms with Gasteiger partial charge in [0.15, 0.2) is 0 Å². The quantitative estimate of drug-likeness (QED) is 0.728. The highest BCUT2D eigenvalue weighted by atomic mass is 35.5. The third kappa shape index (κ3) is 2.50. The standard InChI is InChI=1S/C12H12ClNO/c13-10-6-4-9(5-7-10)12-3-1-2-11(8-14)15-12/h4-7,11-12H,1-3H2. The molecule has 2 nitrogen and oxygen atoms in total. The van der Waals surface area contributed by atoms with E-state index in [1.807, 2.05) is 24.3 Å². The summed E-state index contributed by atoms with van der Waals surface area (Å²) >= 11 is 5.81. The van der Waals surface area contributed by atoms with E-state index >= 15 is 0 Å². The Hall–Kier alpha value is -1.04. The Morgan fingerprint density at radius 2 is 2.00 bits per heavy atom. The van der Waals surface area contributed by atoms with Crippen molar-refractivity contribution in [1.29, 1.82) is 5.26 Å². The van der Waals surface area contributed by atoms with Crippen LogP contribution in [0.4, 0.5) is 0 Å². The van der Waals surface area contributed by atoms with Crippen molar-refractivity contribution in [3.63, 3.8) is 0 Å². The lowest BCUT2D eigenvalue weighted by molar-refractivity contribution is -0.0228. The van der Waals surface area contributed by atoms with Crippen molar-refractivity contribution in [2.24, 2.45) is 0 Å². The van der Waals surface area contributed by atoms with Gasteiger partial charge in [-0.1, -0.05) is 23.7 Å². The van der Waals surface area contributed by atoms with Crippen molar-refractivity contribution >= 4 is 11.6 Å². The van der Waals surface area contributed by atoms with Crippen molar-refractivity contribution in [3.05, 3.63) is 34.9 Å². The number of nitriles is 1. The minimum absolute atomic E-state index is 0.0562. The second kappa shape index (κ2) is 4.65. The molecule has 2 rings (SSSR count). The fourth-order valence-corrected chi connectivity index (χ4v) is 1.97. The van der Waals surface area contributed by atoms with Crippen LogP contribution in [0, 0.1) is 11.3 Å². The molecule has 0 spiro atoms. The normalized spacial score (nSPS) is 25.9. The summed E-state index contributed by atoms with van der Waals surface area (Å²) in [7, 11) is 0. The first-order valence-electron chi connectivity index (χ1n) is 5.10. The van der Waals surface area contributed by atoms with Crippen LogP contribution >= 0.6 is 11.6 Å². The zero-order valence-electron chi connectivity index (χ0n) is 8.32. The van der Waals surface area contributed by atoms with Crippen molar-refractivity contribution in [2.45, 2.75) is 31.5 Å². The molecule has 1 heterocycles. The van der Waals surface area contributed by atoms with Crippen molar-refractivity contribution in [3.8, 4) is 6.07 Å². The molecule has 15 heavy (non-hydrogen) atoms. The van der Waals surface area contributed by atoms with E-state index in [1.54, 1.807) is 0 Å². The van der Waals surface area contributed by atoms with E-state index < -0.39 is 0 Å². The molecule has 1 aliphatic heterocycles. The Balaban J connectivity index is 2.10. The maximum atomic E-state index is 8.80. The molecule has 78 valence electrons. The van der Waals surface area contributed by atoms with Crippen LogP contribution in [-0.4, -0.2) is 6.10 Å². The van der Waals surface area contributed by atoms with Gasteiger partial charge in [-0.05, 0) is 37.0 Å². The van der Waals surface area contributed by atoms with Gasteiger partial charge in [-0.15, -0.1) is 0 Å². The van der Waals surface area contributed by atoms with Crippen LogP contribution in [-0.2, 0) is 4.74 Å². The molecular weight excluding hydrogens is 210 g/mol. The second-order valence-electron chi connectivity index (χ2n) is 3.72. The highest BCUT2D eigenvalue weighted by Crippen LogP contribution is 2.31. The lowest BCUT2D eigenvalue weighted by Gasteiger charge is -2.26. The largest absolute Gasteiger partial charge is 0.355 e. The topological polar surface area (TPSA) is 33.0 Å². The maximum absolute atomic E-state index is 8.80. The smallest absolute Gasteiger partial charge is 0.144 e. The maximum Gasteiger partial charge on any atom is 0.144 e. The molecule has 1 aromatic carbocycles. The average Bonchev–Trinajstić information content (AvgIpc) is 2.30. The second-order valence-corrected chi connectivity index (χ2v) is 4.16. The third-order valence-corrected chi connectivity index (χ3v) is 2.90. The molecule has 2 unspecified atom stereocenters. The zero-order valence-corrected chi connectivity index (χ0v) is 9.07. The van der Waals surface area contributed by atoms with Crippen molar-refractivity contribution in [2.75, 3.05) is 0 Å². The predicted octanol–water partition coefficient (Wildman–Crippen LogP) is 3.47. The van der Waals surface area contributed by atoms with Crippen molar-refractivity contribution in [1.82, 2.24) is 0 Å². The van der Waals surface area contributed by atoms with Crippen LogP contribution in [0.1, 0.15) is 30.9 Å². The van der Waals surface area contributed by atoms with E-state index in [4.69, 9.17) is 21.6 Å². The Kier molecular flexibility index (Phi) is 3.25. The number of nitrogens with zero attached hydrogens (tertiary/aromatic N) is 1. The van der Waals surface area contributed by atoms with Gasteiger partial charge in [0.05, 0.1) is 12.2 Å². The molecule has 3 heteroatoms. The molecule has 0 amide bonds. The van der Waals surface area contributed by atoms with E-state index in [9.17, 15) is 0 Å². The summed E-state index contributed by atoms with van der Waals surface area (Å²) in [5.41, 5.74) is 1.11. The Morgan fingerprint density at radius 3 is 2.67 bits per heavy atom. The van der Waals surface area contributed by atoms with E-state index in [1.165, 1.54) is 0 Å². The first-order chi connectivity index (χ1) is 7.29. The lowest BCUT2D eigenvalue weighted by atomic mass is 9.99. The van der Waals surface area contributed by atoms with E-state index in [0.29, 0.717) is 0 Å². The van der Waals surface area contributed by atoms with Gasteiger partial charge in [-0.25, -0.2) is 0 Å². The minimum Gasteiger partial charge on any atom is -0.355 e. The number of hydrogen-bond donors (Lipinski definition) is 0. The van der Waals surface area contributed by atoms with Crippen LogP contribution in [0.5, 0.6) is 0 Å². The molecule has 1 aromatic rings. The van der Waals surface area contributed by atoms with Gasteiger partial charge >= 0.3 is 0 Å². The van der Waals surface area contributed by atoms with Gasteiger partial charge in [0, 0.05) is 5.02 Å². The Labute approximate surface area is 94.4 Å². The summed E-state index contributed by atoms with van der Waals surface area (Å²) in [5, 5.41) is 9.53. The molecule has 1 fully saturated rings. The van der Waals surface area contributed by atoms with Gasteiger partial charge in [0.1, 0.15) is 6.10 Å². The fraction of sp³-hybridized carbons (Fsp3) is 0.417. The van der Waals surface area contributed by atoms with Crippen LogP contribution < -0.4 is 0 Å². The number of benzene rings is 1. The lowest BCUT2D eigenvalue weighted by Crippen LogP contribution is -2.20. The van der Waals surface area contributed by atoms with E-state index in [2.05, 4.69) is 6.07 Å². The summed E-state index contributed by atoms with van der Waals surface area (Å²) in [5.74, 6) is 0. The Morgan fingerprint density at radius 1 is 1.27 bits per heavy atom. The average molecular weight is 222 g/mol. The first-order valence-corrected chi connectivity index (χ1v) is 5.48. The molecule has 0 aromatic heterocycles. The summed E-state index contributed by atoms with van der Waals surface area (Å²) in [6.45, 7) is 0. The third-order valence-electron chi connectivity index (χ3n) is 2.65. The van der Waals surface area contributed by atoms with Crippen molar-refractivity contribution < 1.29 is 4.74 Å². The molecule has 0 bridgehead atoms. The summed E-state index contributed by atoms with van der Waals surface area (Å²) in [6.07, 6.45) is 2.69. The number of halogens is 1. The van der Waals surface area contributed by atoms with Crippen LogP contribution in [0.15, 0.2) is 24.3 Å². The molecule has 0 N–H and O–H groups in total. The molecule has 2 atom stereocenters. The minimum atomic E-state index is -0.251. The highest BCUT2D eigenvalue weighted by molar-refractivity contribution is 6.30. The number of rotatable bonds is 1. The first kappa shape index (κ1) is 10.5. The predicted molar refractivity (Wildman–Crippen MR) is 58.5 cm³/mol. The number of ether oxygens (including phenoxy) is 1. The molecule has 0 radical (unpaired) electrons. The van der Waals surface area contributed by atoms with Crippen LogP contribution in [0.25, 0.3) is 0 Å². The van der Waals surface area contributed by atoms with E-state index in [0.717, 1.165) is 29.8 Å². The van der Waals surface area contributed by atoms with E-state index in [-0.39, 0.29) is 12.2 Å².